The van der Waals surface area contributed by atoms with E-state index in [4.69, 9.17) is 0 Å². The van der Waals surface area contributed by atoms with Crippen molar-refractivity contribution in [1.82, 2.24) is 0 Å². The average Bonchev–Trinajstić information content (AvgIpc) is 1.90. The van der Waals surface area contributed by atoms with Gasteiger partial charge in [0.1, 0.15) is 0 Å². The zero-order chi connectivity index (χ0) is 5.82. The van der Waals surface area contributed by atoms with E-state index in [2.05, 4.69) is 18.1 Å². The van der Waals surface area contributed by atoms with Gasteiger partial charge in [-0.15, -0.1) is 30.1 Å². The molecule has 0 aromatic heterocycles. The van der Waals surface area contributed by atoms with Gasteiger partial charge in [-0.05, 0) is 5.41 Å². The molecule has 0 aromatic carbocycles. The predicted molar refractivity (Wildman–Crippen MR) is 43.2 cm³/mol. The molecule has 0 fully saturated rings. The van der Waals surface area contributed by atoms with Crippen molar-refractivity contribution in [3.05, 3.63) is 24.1 Å². The third-order valence-corrected chi connectivity index (χ3v) is 3.32. The molecule has 0 aromatic rings. The van der Waals surface area contributed by atoms with E-state index in [1.54, 1.807) is 0 Å². The molecule has 0 nitrogen and oxygen atoms in total. The Kier molecular flexibility index (Phi) is 2.56. The maximum absolute atomic E-state index is 3.71. The van der Waals surface area contributed by atoms with E-state index < -0.39 is 0 Å². The third kappa shape index (κ3) is 1.60. The topological polar surface area (TPSA) is 0 Å². The summed E-state index contributed by atoms with van der Waals surface area (Å²) in [6.45, 7) is 3.71. The van der Waals surface area contributed by atoms with E-state index in [-0.39, 0.29) is 0 Å². The summed E-state index contributed by atoms with van der Waals surface area (Å²) in [6, 6.07) is 0. The van der Waals surface area contributed by atoms with Gasteiger partial charge in [-0.25, -0.2) is 0 Å². The molecule has 0 aliphatic carbocycles. The van der Waals surface area contributed by atoms with Crippen molar-refractivity contribution in [2.24, 2.45) is 0 Å². The average molecular weight is 144 g/mol. The van der Waals surface area contributed by atoms with E-state index in [0.717, 1.165) is 5.75 Å². The summed E-state index contributed by atoms with van der Waals surface area (Å²) in [6.07, 6.45) is 4.16. The number of hydrogen-bond donors (Lipinski definition) is 0. The van der Waals surface area contributed by atoms with Crippen LogP contribution in [-0.4, -0.2) is 10.3 Å². The minimum atomic E-state index is 0.597. The molecular weight excluding hydrogens is 136 g/mol. The Hall–Kier alpha value is 0.180. The SMILES string of the molecule is C=C[C@H]1SC=CCS1. The molecule has 0 N–H and O–H groups in total. The second kappa shape index (κ2) is 3.25. The molecule has 8 heavy (non-hydrogen) atoms. The van der Waals surface area contributed by atoms with Gasteiger partial charge in [-0.2, -0.15) is 0 Å². The van der Waals surface area contributed by atoms with E-state index in [1.165, 1.54) is 0 Å². The van der Waals surface area contributed by atoms with Crippen LogP contribution in [0.2, 0.25) is 0 Å². The van der Waals surface area contributed by atoms with Gasteiger partial charge in [-0.1, -0.05) is 12.2 Å². The van der Waals surface area contributed by atoms with E-state index >= 15 is 0 Å². The molecule has 44 valence electrons. The molecule has 0 radical (unpaired) electrons. The smallest absolute Gasteiger partial charge is 0.0723 e. The van der Waals surface area contributed by atoms with Crippen LogP contribution in [0.5, 0.6) is 0 Å². The molecule has 2 heteroatoms. The lowest BCUT2D eigenvalue weighted by Crippen LogP contribution is -1.92. The molecule has 1 aliphatic rings. The second-order valence-corrected chi connectivity index (χ2v) is 3.97. The summed E-state index contributed by atoms with van der Waals surface area (Å²) < 4.78 is 0.597. The van der Waals surface area contributed by atoms with Gasteiger partial charge < -0.3 is 0 Å². The highest BCUT2D eigenvalue weighted by Crippen LogP contribution is 2.29. The van der Waals surface area contributed by atoms with Crippen LogP contribution in [0, 0.1) is 0 Å². The maximum atomic E-state index is 3.71. The Balaban J connectivity index is 2.37. The standard InChI is InChI=1S/C6H8S2/c1-2-6-7-4-3-5-8-6/h2-4,6H,1,5H2/t6-/m0/s1. The molecule has 1 atom stereocenters. The Labute approximate surface area is 58.4 Å². The van der Waals surface area contributed by atoms with Crippen molar-refractivity contribution >= 4 is 23.5 Å². The van der Waals surface area contributed by atoms with Crippen LogP contribution < -0.4 is 0 Å². The largest absolute Gasteiger partial charge is 0.139 e. The maximum Gasteiger partial charge on any atom is 0.0723 e. The molecule has 1 heterocycles. The Morgan fingerprint density at radius 2 is 2.62 bits per heavy atom. The first-order chi connectivity index (χ1) is 3.93. The van der Waals surface area contributed by atoms with Gasteiger partial charge in [-0.3, -0.25) is 0 Å². The van der Waals surface area contributed by atoms with Gasteiger partial charge in [0, 0.05) is 5.75 Å². The van der Waals surface area contributed by atoms with Gasteiger partial charge in [0.25, 0.3) is 0 Å². The molecule has 1 rings (SSSR count). The van der Waals surface area contributed by atoms with Crippen LogP contribution in [0.3, 0.4) is 0 Å². The molecule has 0 amide bonds. The molecule has 0 saturated carbocycles. The van der Waals surface area contributed by atoms with Crippen LogP contribution in [0.1, 0.15) is 0 Å². The Morgan fingerprint density at radius 3 is 3.00 bits per heavy atom. The van der Waals surface area contributed by atoms with E-state index in [1.807, 2.05) is 29.6 Å². The van der Waals surface area contributed by atoms with Crippen LogP contribution in [-0.2, 0) is 0 Å². The van der Waals surface area contributed by atoms with Crippen molar-refractivity contribution in [3.8, 4) is 0 Å². The van der Waals surface area contributed by atoms with E-state index in [9.17, 15) is 0 Å². The van der Waals surface area contributed by atoms with Gasteiger partial charge in [0.05, 0.1) is 4.58 Å². The van der Waals surface area contributed by atoms with Crippen LogP contribution in [0.25, 0.3) is 0 Å². The number of hydrogen-bond acceptors (Lipinski definition) is 2. The third-order valence-electron chi connectivity index (χ3n) is 0.858. The zero-order valence-electron chi connectivity index (χ0n) is 4.54. The minimum absolute atomic E-state index is 0.597. The fourth-order valence-electron chi connectivity index (χ4n) is 0.486. The van der Waals surface area contributed by atoms with E-state index in [0.29, 0.717) is 4.58 Å². The van der Waals surface area contributed by atoms with Crippen LogP contribution in [0.4, 0.5) is 0 Å². The van der Waals surface area contributed by atoms with Crippen molar-refractivity contribution < 1.29 is 0 Å². The molecular formula is C6H8S2. The quantitative estimate of drug-likeness (QED) is 0.519. The highest BCUT2D eigenvalue weighted by molar-refractivity contribution is 8.19. The molecule has 0 spiro atoms. The lowest BCUT2D eigenvalue weighted by atomic mass is 10.7. The summed E-state index contributed by atoms with van der Waals surface area (Å²) in [5, 5.41) is 2.14. The second-order valence-electron chi connectivity index (χ2n) is 1.45. The van der Waals surface area contributed by atoms with Crippen molar-refractivity contribution in [1.29, 1.82) is 0 Å². The van der Waals surface area contributed by atoms with Crippen molar-refractivity contribution in [2.45, 2.75) is 4.58 Å². The summed E-state index contributed by atoms with van der Waals surface area (Å²) in [7, 11) is 0. The first-order valence-electron chi connectivity index (χ1n) is 2.48. The first kappa shape index (κ1) is 6.30. The normalized spacial score (nSPS) is 27.8. The molecule has 0 saturated heterocycles. The number of rotatable bonds is 1. The van der Waals surface area contributed by atoms with Gasteiger partial charge in [0.2, 0.25) is 0 Å². The fraction of sp³-hybridized carbons (Fsp3) is 0.333. The van der Waals surface area contributed by atoms with Gasteiger partial charge >= 0.3 is 0 Å². The summed E-state index contributed by atoms with van der Waals surface area (Å²) >= 11 is 3.75. The Morgan fingerprint density at radius 1 is 1.75 bits per heavy atom. The highest BCUT2D eigenvalue weighted by atomic mass is 32.2. The Bertz CT molecular complexity index is 107. The monoisotopic (exact) mass is 144 g/mol. The number of thioether (sulfide) groups is 2. The van der Waals surface area contributed by atoms with Crippen LogP contribution in [0.15, 0.2) is 24.1 Å². The van der Waals surface area contributed by atoms with Crippen molar-refractivity contribution in [2.75, 3.05) is 5.75 Å². The molecule has 0 unspecified atom stereocenters. The highest BCUT2D eigenvalue weighted by Gasteiger charge is 2.03. The zero-order valence-corrected chi connectivity index (χ0v) is 6.17. The van der Waals surface area contributed by atoms with Crippen molar-refractivity contribution in [3.63, 3.8) is 0 Å². The molecule has 0 bridgehead atoms. The lowest BCUT2D eigenvalue weighted by Gasteiger charge is -2.10. The van der Waals surface area contributed by atoms with Gasteiger partial charge in [0.15, 0.2) is 0 Å². The summed E-state index contributed by atoms with van der Waals surface area (Å²) in [4.78, 5) is 0. The lowest BCUT2D eigenvalue weighted by molar-refractivity contribution is 1.63. The summed E-state index contributed by atoms with van der Waals surface area (Å²) in [5.74, 6) is 1.14. The first-order valence-corrected chi connectivity index (χ1v) is 4.47. The van der Waals surface area contributed by atoms with Crippen LogP contribution >= 0.6 is 23.5 Å². The minimum Gasteiger partial charge on any atom is -0.139 e. The fourth-order valence-corrected chi connectivity index (χ4v) is 2.36. The predicted octanol–water partition coefficient (Wildman–Crippen LogP) is 2.49. The molecule has 1 aliphatic heterocycles. The summed E-state index contributed by atoms with van der Waals surface area (Å²) in [5.41, 5.74) is 0.